The topological polar surface area (TPSA) is 61.6 Å². The van der Waals surface area contributed by atoms with Crippen LogP contribution in [0.2, 0.25) is 0 Å². The zero-order chi connectivity index (χ0) is 12.4. The van der Waals surface area contributed by atoms with Gasteiger partial charge in [-0.3, -0.25) is 10.1 Å². The molecule has 1 saturated carbocycles. The predicted octanol–water partition coefficient (Wildman–Crippen LogP) is 1.83. The highest BCUT2D eigenvalue weighted by Crippen LogP contribution is 2.66. The molecule has 0 spiro atoms. The van der Waals surface area contributed by atoms with Crippen LogP contribution in [0.5, 0.6) is 0 Å². The Labute approximate surface area is 95.3 Å². The Balaban J connectivity index is 2.17. The summed E-state index contributed by atoms with van der Waals surface area (Å²) in [4.78, 5) is 11.0. The van der Waals surface area contributed by atoms with Gasteiger partial charge >= 0.3 is 0 Å². The van der Waals surface area contributed by atoms with Gasteiger partial charge in [0.25, 0.3) is 0 Å². The van der Waals surface area contributed by atoms with Gasteiger partial charge in [-0.2, -0.15) is 0 Å². The SMILES string of the molecule is CC1(C)OC[C@H]([C@@H]2C(C)(C)[C@]2(C)[N+](=O)[O-])O1. The molecule has 3 atom stereocenters. The maximum Gasteiger partial charge on any atom is 0.231 e. The highest BCUT2D eigenvalue weighted by Gasteiger charge is 2.81. The monoisotopic (exact) mass is 229 g/mol. The van der Waals surface area contributed by atoms with Gasteiger partial charge in [0.2, 0.25) is 5.54 Å². The van der Waals surface area contributed by atoms with Crippen LogP contribution in [0.1, 0.15) is 34.6 Å². The van der Waals surface area contributed by atoms with Crippen molar-refractivity contribution in [1.29, 1.82) is 0 Å². The van der Waals surface area contributed by atoms with Crippen LogP contribution in [-0.4, -0.2) is 29.0 Å². The average Bonchev–Trinajstić information content (AvgIpc) is 2.42. The van der Waals surface area contributed by atoms with Gasteiger partial charge in [0, 0.05) is 17.3 Å². The van der Waals surface area contributed by atoms with Gasteiger partial charge < -0.3 is 9.47 Å². The largest absolute Gasteiger partial charge is 0.348 e. The van der Waals surface area contributed by atoms with E-state index in [1.807, 2.05) is 27.7 Å². The van der Waals surface area contributed by atoms with E-state index >= 15 is 0 Å². The second kappa shape index (κ2) is 2.96. The van der Waals surface area contributed by atoms with Gasteiger partial charge in [0.05, 0.1) is 18.6 Å². The van der Waals surface area contributed by atoms with Crippen LogP contribution in [0.25, 0.3) is 0 Å². The first-order valence-corrected chi connectivity index (χ1v) is 5.59. The maximum atomic E-state index is 11.1. The predicted molar refractivity (Wildman–Crippen MR) is 57.6 cm³/mol. The van der Waals surface area contributed by atoms with Crippen LogP contribution >= 0.6 is 0 Å². The summed E-state index contributed by atoms with van der Waals surface area (Å²) in [5.74, 6) is -0.683. The van der Waals surface area contributed by atoms with E-state index in [0.717, 1.165) is 0 Å². The quantitative estimate of drug-likeness (QED) is 0.535. The molecule has 0 aromatic heterocycles. The minimum atomic E-state index is -0.887. The molecular weight excluding hydrogens is 210 g/mol. The third-order valence-corrected chi connectivity index (χ3v) is 4.39. The summed E-state index contributed by atoms with van der Waals surface area (Å²) in [6.45, 7) is 9.68. The molecule has 0 amide bonds. The molecular formula is C11H19NO4. The lowest BCUT2D eigenvalue weighted by molar-refractivity contribution is -0.545. The molecule has 0 bridgehead atoms. The van der Waals surface area contributed by atoms with Crippen LogP contribution in [-0.2, 0) is 9.47 Å². The van der Waals surface area contributed by atoms with Crippen molar-refractivity contribution >= 4 is 0 Å². The van der Waals surface area contributed by atoms with Crippen molar-refractivity contribution in [3.63, 3.8) is 0 Å². The molecule has 5 heteroatoms. The van der Waals surface area contributed by atoms with Crippen molar-refractivity contribution in [3.8, 4) is 0 Å². The van der Waals surface area contributed by atoms with Gasteiger partial charge in [-0.15, -0.1) is 0 Å². The second-order valence-electron chi connectivity index (χ2n) is 5.97. The summed E-state index contributed by atoms with van der Waals surface area (Å²) in [6.07, 6.45) is -0.166. The van der Waals surface area contributed by atoms with Crippen LogP contribution in [0.15, 0.2) is 0 Å². The van der Waals surface area contributed by atoms with Crippen LogP contribution in [0, 0.1) is 21.4 Å². The Morgan fingerprint density at radius 3 is 2.12 bits per heavy atom. The molecule has 5 nitrogen and oxygen atoms in total. The van der Waals surface area contributed by atoms with E-state index in [1.165, 1.54) is 0 Å². The Hall–Kier alpha value is -0.680. The van der Waals surface area contributed by atoms with Crippen molar-refractivity contribution in [2.45, 2.75) is 52.0 Å². The summed E-state index contributed by atoms with van der Waals surface area (Å²) < 4.78 is 11.2. The molecule has 0 N–H and O–H groups in total. The first-order chi connectivity index (χ1) is 7.13. The second-order valence-corrected chi connectivity index (χ2v) is 5.97. The lowest BCUT2D eigenvalue weighted by Gasteiger charge is -2.17. The van der Waals surface area contributed by atoms with Crippen molar-refractivity contribution < 1.29 is 14.4 Å². The zero-order valence-corrected chi connectivity index (χ0v) is 10.4. The third-order valence-electron chi connectivity index (χ3n) is 4.39. The first-order valence-electron chi connectivity index (χ1n) is 5.59. The lowest BCUT2D eigenvalue weighted by atomic mass is 10.1. The minimum Gasteiger partial charge on any atom is -0.348 e. The fourth-order valence-electron chi connectivity index (χ4n) is 3.06. The van der Waals surface area contributed by atoms with Crippen molar-refractivity contribution in [2.24, 2.45) is 11.3 Å². The fraction of sp³-hybridized carbons (Fsp3) is 1.00. The third kappa shape index (κ3) is 1.31. The Kier molecular flexibility index (Phi) is 2.18. The smallest absolute Gasteiger partial charge is 0.231 e. The maximum absolute atomic E-state index is 11.1. The van der Waals surface area contributed by atoms with E-state index < -0.39 is 11.3 Å². The number of rotatable bonds is 2. The first kappa shape index (κ1) is 11.8. The van der Waals surface area contributed by atoms with E-state index in [2.05, 4.69) is 0 Å². The summed E-state index contributed by atoms with van der Waals surface area (Å²) in [6, 6.07) is 0. The normalized spacial score (nSPS) is 44.3. The zero-order valence-electron chi connectivity index (χ0n) is 10.4. The molecule has 16 heavy (non-hydrogen) atoms. The van der Waals surface area contributed by atoms with Crippen molar-refractivity contribution in [2.75, 3.05) is 6.61 Å². The number of hydrogen-bond donors (Lipinski definition) is 0. The van der Waals surface area contributed by atoms with Crippen LogP contribution in [0.3, 0.4) is 0 Å². The number of nitrogens with zero attached hydrogens (tertiary/aromatic N) is 1. The van der Waals surface area contributed by atoms with Gasteiger partial charge in [-0.05, 0) is 13.8 Å². The fourth-order valence-corrected chi connectivity index (χ4v) is 3.06. The molecule has 1 saturated heterocycles. The van der Waals surface area contributed by atoms with E-state index in [0.29, 0.717) is 6.61 Å². The Morgan fingerprint density at radius 2 is 1.81 bits per heavy atom. The molecule has 0 aromatic rings. The molecule has 0 aromatic carbocycles. The van der Waals surface area contributed by atoms with E-state index in [4.69, 9.17) is 9.47 Å². The lowest BCUT2D eigenvalue weighted by Crippen LogP contribution is -2.28. The van der Waals surface area contributed by atoms with Gasteiger partial charge in [0.1, 0.15) is 0 Å². The van der Waals surface area contributed by atoms with Crippen LogP contribution < -0.4 is 0 Å². The average molecular weight is 229 g/mol. The summed E-state index contributed by atoms with van der Waals surface area (Å²) >= 11 is 0. The minimum absolute atomic E-state index is 0.0724. The highest BCUT2D eigenvalue weighted by molar-refractivity contribution is 5.20. The van der Waals surface area contributed by atoms with Gasteiger partial charge in [0.15, 0.2) is 5.79 Å². The number of nitro groups is 1. The molecule has 0 unspecified atom stereocenters. The van der Waals surface area contributed by atoms with Crippen molar-refractivity contribution in [3.05, 3.63) is 10.1 Å². The molecule has 2 aliphatic rings. The summed E-state index contributed by atoms with van der Waals surface area (Å²) in [7, 11) is 0. The standard InChI is InChI=1S/C11H19NO4/c1-9(2)8(11(9,5)12(13)14)7-6-15-10(3,4)16-7/h7-8H,6H2,1-5H3/t7-,8-,11-/m1/s1. The molecule has 1 aliphatic heterocycles. The number of hydrogen-bond acceptors (Lipinski definition) is 4. The number of ether oxygens (including phenoxy) is 2. The Bertz CT molecular complexity index is 339. The van der Waals surface area contributed by atoms with E-state index in [9.17, 15) is 10.1 Å². The van der Waals surface area contributed by atoms with Crippen LogP contribution in [0.4, 0.5) is 0 Å². The molecule has 92 valence electrons. The van der Waals surface area contributed by atoms with Crippen molar-refractivity contribution in [1.82, 2.24) is 0 Å². The molecule has 1 heterocycles. The molecule has 2 rings (SSSR count). The van der Waals surface area contributed by atoms with E-state index in [-0.39, 0.29) is 22.4 Å². The van der Waals surface area contributed by atoms with Gasteiger partial charge in [-0.25, -0.2) is 0 Å². The highest BCUT2D eigenvalue weighted by atomic mass is 16.7. The summed E-state index contributed by atoms with van der Waals surface area (Å²) in [5.41, 5.74) is -1.22. The molecule has 1 aliphatic carbocycles. The van der Waals surface area contributed by atoms with E-state index in [1.54, 1.807) is 6.92 Å². The Morgan fingerprint density at radius 1 is 1.25 bits per heavy atom. The summed E-state index contributed by atoms with van der Waals surface area (Å²) in [5, 5.41) is 11.1. The molecule has 2 fully saturated rings. The van der Waals surface area contributed by atoms with Gasteiger partial charge in [-0.1, -0.05) is 13.8 Å². The molecule has 0 radical (unpaired) electrons.